The van der Waals surface area contributed by atoms with E-state index in [1.54, 1.807) is 24.3 Å². The van der Waals surface area contributed by atoms with Crippen molar-refractivity contribution in [3.63, 3.8) is 0 Å². The SMILES string of the molecule is CC(C(=O)c1cccc(Cl)c1)N1CCCCC1C(N)=O. The van der Waals surface area contributed by atoms with E-state index in [1.165, 1.54) is 0 Å². The molecule has 0 saturated carbocycles. The smallest absolute Gasteiger partial charge is 0.234 e. The van der Waals surface area contributed by atoms with Crippen molar-refractivity contribution in [2.24, 2.45) is 5.73 Å². The van der Waals surface area contributed by atoms with E-state index in [1.807, 2.05) is 11.8 Å². The van der Waals surface area contributed by atoms with Crippen LogP contribution >= 0.6 is 11.6 Å². The third-order valence-corrected chi connectivity index (χ3v) is 4.09. The molecule has 0 radical (unpaired) electrons. The first kappa shape index (κ1) is 15.0. The van der Waals surface area contributed by atoms with Gasteiger partial charge in [0.2, 0.25) is 5.91 Å². The average Bonchev–Trinajstić information content (AvgIpc) is 2.45. The topological polar surface area (TPSA) is 63.4 Å². The Bertz CT molecular complexity index is 518. The number of ketones is 1. The maximum absolute atomic E-state index is 12.5. The van der Waals surface area contributed by atoms with Gasteiger partial charge >= 0.3 is 0 Å². The molecule has 2 unspecified atom stereocenters. The molecule has 1 aromatic rings. The molecule has 1 saturated heterocycles. The van der Waals surface area contributed by atoms with Crippen LogP contribution in [0.15, 0.2) is 24.3 Å². The van der Waals surface area contributed by atoms with Gasteiger partial charge < -0.3 is 5.73 Å². The summed E-state index contributed by atoms with van der Waals surface area (Å²) in [5, 5.41) is 0.535. The van der Waals surface area contributed by atoms with Gasteiger partial charge in [-0.3, -0.25) is 14.5 Å². The second kappa shape index (κ2) is 6.37. The highest BCUT2D eigenvalue weighted by atomic mass is 35.5. The summed E-state index contributed by atoms with van der Waals surface area (Å²) in [5.74, 6) is -0.379. The molecule has 0 spiro atoms. The first-order valence-corrected chi connectivity index (χ1v) is 7.23. The number of nitrogens with zero attached hydrogens (tertiary/aromatic N) is 1. The predicted octanol–water partition coefficient (Wildman–Crippen LogP) is 2.25. The van der Waals surface area contributed by atoms with Crippen molar-refractivity contribution < 1.29 is 9.59 Å². The molecule has 1 heterocycles. The number of likely N-dealkylation sites (tertiary alicyclic amines) is 1. The van der Waals surface area contributed by atoms with Crippen molar-refractivity contribution in [1.29, 1.82) is 0 Å². The fraction of sp³-hybridized carbons (Fsp3) is 0.467. The van der Waals surface area contributed by atoms with E-state index in [0.29, 0.717) is 10.6 Å². The van der Waals surface area contributed by atoms with Gasteiger partial charge in [-0.05, 0) is 38.4 Å². The monoisotopic (exact) mass is 294 g/mol. The third kappa shape index (κ3) is 3.19. The summed E-state index contributed by atoms with van der Waals surface area (Å²) in [7, 11) is 0. The largest absolute Gasteiger partial charge is 0.368 e. The molecule has 2 N–H and O–H groups in total. The Morgan fingerprint density at radius 1 is 1.40 bits per heavy atom. The maximum Gasteiger partial charge on any atom is 0.234 e. The fourth-order valence-corrected chi connectivity index (χ4v) is 2.95. The third-order valence-electron chi connectivity index (χ3n) is 3.86. The van der Waals surface area contributed by atoms with Crippen molar-refractivity contribution >= 4 is 23.3 Å². The first-order chi connectivity index (χ1) is 9.50. The Labute approximate surface area is 123 Å². The second-order valence-electron chi connectivity index (χ2n) is 5.20. The van der Waals surface area contributed by atoms with Crippen LogP contribution in [0.25, 0.3) is 0 Å². The summed E-state index contributed by atoms with van der Waals surface area (Å²) in [6, 6.07) is 6.17. The standard InChI is InChI=1S/C15H19ClN2O2/c1-10(14(19)11-5-4-6-12(16)9-11)18-8-3-2-7-13(18)15(17)20/h4-6,9-10,13H,2-3,7-8H2,1H3,(H2,17,20). The normalized spacial score (nSPS) is 21.4. The first-order valence-electron chi connectivity index (χ1n) is 6.85. The van der Waals surface area contributed by atoms with E-state index < -0.39 is 0 Å². The molecule has 20 heavy (non-hydrogen) atoms. The van der Waals surface area contributed by atoms with Crippen LogP contribution in [0.2, 0.25) is 5.02 Å². The molecule has 1 aliphatic rings. The fourth-order valence-electron chi connectivity index (χ4n) is 2.76. The zero-order chi connectivity index (χ0) is 14.7. The number of nitrogens with two attached hydrogens (primary N) is 1. The quantitative estimate of drug-likeness (QED) is 0.866. The van der Waals surface area contributed by atoms with Crippen molar-refractivity contribution in [3.8, 4) is 0 Å². The Morgan fingerprint density at radius 3 is 2.80 bits per heavy atom. The molecule has 2 rings (SSSR count). The van der Waals surface area contributed by atoms with E-state index >= 15 is 0 Å². The molecular formula is C15H19ClN2O2. The molecule has 108 valence electrons. The molecule has 0 aliphatic carbocycles. The van der Waals surface area contributed by atoms with Gasteiger partial charge in [-0.15, -0.1) is 0 Å². The van der Waals surface area contributed by atoms with Crippen LogP contribution in [-0.2, 0) is 4.79 Å². The molecule has 1 aliphatic heterocycles. The summed E-state index contributed by atoms with van der Waals surface area (Å²) < 4.78 is 0. The molecular weight excluding hydrogens is 276 g/mol. The average molecular weight is 295 g/mol. The number of carbonyl (C=O) groups excluding carboxylic acids is 2. The Balaban J connectivity index is 2.18. The summed E-state index contributed by atoms with van der Waals surface area (Å²) in [5.41, 5.74) is 6.01. The van der Waals surface area contributed by atoms with Gasteiger partial charge in [0.05, 0.1) is 12.1 Å². The zero-order valence-corrected chi connectivity index (χ0v) is 12.3. The highest BCUT2D eigenvalue weighted by Crippen LogP contribution is 2.22. The number of hydrogen-bond donors (Lipinski definition) is 1. The van der Waals surface area contributed by atoms with Gasteiger partial charge in [0, 0.05) is 10.6 Å². The van der Waals surface area contributed by atoms with Crippen LogP contribution in [-0.4, -0.2) is 35.2 Å². The number of rotatable bonds is 4. The number of carbonyl (C=O) groups is 2. The van der Waals surface area contributed by atoms with Gasteiger partial charge in [0.15, 0.2) is 5.78 Å². The predicted molar refractivity (Wildman–Crippen MR) is 78.8 cm³/mol. The molecule has 1 aromatic carbocycles. The van der Waals surface area contributed by atoms with Gasteiger partial charge in [-0.2, -0.15) is 0 Å². The maximum atomic E-state index is 12.5. The number of piperidine rings is 1. The number of benzene rings is 1. The van der Waals surface area contributed by atoms with Gasteiger partial charge in [0.1, 0.15) is 0 Å². The lowest BCUT2D eigenvalue weighted by Gasteiger charge is -2.37. The van der Waals surface area contributed by atoms with Gasteiger partial charge in [0.25, 0.3) is 0 Å². The lowest BCUT2D eigenvalue weighted by Crippen LogP contribution is -2.53. The van der Waals surface area contributed by atoms with Gasteiger partial charge in [-0.25, -0.2) is 0 Å². The molecule has 0 aromatic heterocycles. The van der Waals surface area contributed by atoms with E-state index in [2.05, 4.69) is 0 Å². The highest BCUT2D eigenvalue weighted by Gasteiger charge is 2.33. The number of Topliss-reactive ketones (excluding diaryl/α,β-unsaturated/α-hetero) is 1. The Morgan fingerprint density at radius 2 is 2.15 bits per heavy atom. The van der Waals surface area contributed by atoms with Crippen LogP contribution in [0.5, 0.6) is 0 Å². The number of amides is 1. The van der Waals surface area contributed by atoms with E-state index in [4.69, 9.17) is 17.3 Å². The highest BCUT2D eigenvalue weighted by molar-refractivity contribution is 6.31. The van der Waals surface area contributed by atoms with E-state index in [0.717, 1.165) is 25.8 Å². The van der Waals surface area contributed by atoms with Crippen LogP contribution in [0, 0.1) is 0 Å². The van der Waals surface area contributed by atoms with Crippen LogP contribution < -0.4 is 5.73 Å². The number of primary amides is 1. The summed E-state index contributed by atoms with van der Waals surface area (Å²) in [4.78, 5) is 26.0. The summed E-state index contributed by atoms with van der Waals surface area (Å²) >= 11 is 5.92. The number of hydrogen-bond acceptors (Lipinski definition) is 3. The minimum absolute atomic E-state index is 0.0272. The van der Waals surface area contributed by atoms with Crippen molar-refractivity contribution in [2.45, 2.75) is 38.3 Å². The molecule has 0 bridgehead atoms. The summed E-state index contributed by atoms with van der Waals surface area (Å²) in [6.45, 7) is 2.55. The lowest BCUT2D eigenvalue weighted by atomic mass is 9.96. The van der Waals surface area contributed by atoms with Crippen molar-refractivity contribution in [2.75, 3.05) is 6.54 Å². The van der Waals surface area contributed by atoms with Gasteiger partial charge in [-0.1, -0.05) is 30.2 Å². The summed E-state index contributed by atoms with van der Waals surface area (Å²) in [6.07, 6.45) is 2.68. The lowest BCUT2D eigenvalue weighted by molar-refractivity contribution is -0.124. The van der Waals surface area contributed by atoms with Crippen molar-refractivity contribution in [1.82, 2.24) is 4.90 Å². The van der Waals surface area contributed by atoms with Crippen LogP contribution in [0.3, 0.4) is 0 Å². The molecule has 5 heteroatoms. The Kier molecular flexibility index (Phi) is 4.78. The van der Waals surface area contributed by atoms with E-state index in [-0.39, 0.29) is 23.8 Å². The molecule has 1 fully saturated rings. The second-order valence-corrected chi connectivity index (χ2v) is 5.64. The zero-order valence-electron chi connectivity index (χ0n) is 11.5. The Hall–Kier alpha value is -1.39. The number of halogens is 1. The molecule has 4 nitrogen and oxygen atoms in total. The molecule has 2 atom stereocenters. The van der Waals surface area contributed by atoms with Crippen LogP contribution in [0.4, 0.5) is 0 Å². The van der Waals surface area contributed by atoms with E-state index in [9.17, 15) is 9.59 Å². The molecule has 1 amide bonds. The van der Waals surface area contributed by atoms with Crippen molar-refractivity contribution in [3.05, 3.63) is 34.9 Å². The minimum atomic E-state index is -0.369. The minimum Gasteiger partial charge on any atom is -0.368 e. The van der Waals surface area contributed by atoms with Crippen LogP contribution in [0.1, 0.15) is 36.5 Å².